The van der Waals surface area contributed by atoms with Crippen molar-refractivity contribution in [1.82, 2.24) is 4.90 Å². The van der Waals surface area contributed by atoms with Crippen LogP contribution < -0.4 is 0 Å². The van der Waals surface area contributed by atoms with Gasteiger partial charge in [0, 0.05) is 6.54 Å². The fourth-order valence-electron chi connectivity index (χ4n) is 1.42. The smallest absolute Gasteiger partial charge is 0.00100 e. The molecule has 68 valence electrons. The number of rotatable bonds is 3. The lowest BCUT2D eigenvalue weighted by atomic mass is 10.0. The molecule has 1 aliphatic rings. The van der Waals surface area contributed by atoms with E-state index in [4.69, 9.17) is 0 Å². The molecule has 0 N–H and O–H groups in total. The van der Waals surface area contributed by atoms with Crippen LogP contribution in [0.4, 0.5) is 0 Å². The van der Waals surface area contributed by atoms with Crippen LogP contribution in [0, 0.1) is 0 Å². The number of nitrogens with zero attached hydrogens (tertiary/aromatic N) is 1. The Morgan fingerprint density at radius 2 is 2.33 bits per heavy atom. The molecule has 1 rings (SSSR count). The van der Waals surface area contributed by atoms with E-state index in [9.17, 15) is 0 Å². The zero-order valence-electron chi connectivity index (χ0n) is 8.21. The van der Waals surface area contributed by atoms with Crippen molar-refractivity contribution in [1.29, 1.82) is 0 Å². The van der Waals surface area contributed by atoms with Crippen LogP contribution in [0.3, 0.4) is 0 Å². The molecule has 0 radical (unpaired) electrons. The van der Waals surface area contributed by atoms with Crippen molar-refractivity contribution in [2.24, 2.45) is 0 Å². The lowest BCUT2D eigenvalue weighted by Gasteiger charge is -2.09. The first kappa shape index (κ1) is 9.53. The summed E-state index contributed by atoms with van der Waals surface area (Å²) < 4.78 is 0. The zero-order valence-corrected chi connectivity index (χ0v) is 8.21. The topological polar surface area (TPSA) is 3.24 Å². The maximum atomic E-state index is 2.37. The Bertz CT molecular complexity index is 177. The highest BCUT2D eigenvalue weighted by atomic mass is 15.0. The summed E-state index contributed by atoms with van der Waals surface area (Å²) in [5, 5.41) is 0. The number of hydrogen-bond acceptors (Lipinski definition) is 1. The predicted molar refractivity (Wildman–Crippen MR) is 54.2 cm³/mol. The molecule has 0 saturated carbocycles. The largest absolute Gasteiger partial charge is 0.309 e. The first-order valence-electron chi connectivity index (χ1n) is 4.79. The number of allylic oxidation sites excluding steroid dienone is 3. The van der Waals surface area contributed by atoms with Crippen molar-refractivity contribution in [2.75, 3.05) is 20.6 Å². The van der Waals surface area contributed by atoms with Crippen molar-refractivity contribution in [3.05, 3.63) is 23.8 Å². The van der Waals surface area contributed by atoms with Crippen LogP contribution in [0.1, 0.15) is 25.7 Å². The fraction of sp³-hybridized carbons (Fsp3) is 0.636. The van der Waals surface area contributed by atoms with Crippen molar-refractivity contribution in [3.8, 4) is 0 Å². The summed E-state index contributed by atoms with van der Waals surface area (Å²) in [4.78, 5) is 2.23. The lowest BCUT2D eigenvalue weighted by Crippen LogP contribution is -2.12. The third-order valence-corrected chi connectivity index (χ3v) is 2.15. The molecule has 1 aliphatic carbocycles. The highest BCUT2D eigenvalue weighted by Gasteiger charge is 1.97. The Kier molecular flexibility index (Phi) is 4.09. The minimum absolute atomic E-state index is 1.16. The van der Waals surface area contributed by atoms with Crippen LogP contribution in [-0.4, -0.2) is 25.5 Å². The summed E-state index contributed by atoms with van der Waals surface area (Å²) >= 11 is 0. The van der Waals surface area contributed by atoms with E-state index in [0.717, 1.165) is 6.54 Å². The average molecular weight is 165 g/mol. The second-order valence-corrected chi connectivity index (χ2v) is 3.67. The van der Waals surface area contributed by atoms with Crippen LogP contribution in [0.2, 0.25) is 0 Å². The molecule has 0 saturated heterocycles. The van der Waals surface area contributed by atoms with Gasteiger partial charge in [0.15, 0.2) is 0 Å². The molecule has 0 aliphatic heterocycles. The Labute approximate surface area is 75.8 Å². The average Bonchev–Trinajstić information content (AvgIpc) is 2.05. The van der Waals surface area contributed by atoms with Gasteiger partial charge in [0.05, 0.1) is 0 Å². The fourth-order valence-corrected chi connectivity index (χ4v) is 1.42. The minimum atomic E-state index is 1.16. The SMILES string of the molecule is CN(C)CCC=C1C=CCCC1. The maximum Gasteiger partial charge on any atom is 0.00100 e. The summed E-state index contributed by atoms with van der Waals surface area (Å²) in [5.74, 6) is 0. The van der Waals surface area contributed by atoms with Gasteiger partial charge < -0.3 is 4.90 Å². The van der Waals surface area contributed by atoms with Crippen molar-refractivity contribution in [3.63, 3.8) is 0 Å². The molecule has 0 spiro atoms. The molecular weight excluding hydrogens is 146 g/mol. The Balaban J connectivity index is 2.26. The van der Waals surface area contributed by atoms with Crippen molar-refractivity contribution >= 4 is 0 Å². The summed E-state index contributed by atoms with van der Waals surface area (Å²) in [5.41, 5.74) is 1.53. The first-order chi connectivity index (χ1) is 5.79. The highest BCUT2D eigenvalue weighted by molar-refractivity contribution is 5.21. The van der Waals surface area contributed by atoms with Gasteiger partial charge >= 0.3 is 0 Å². The molecule has 1 heteroatoms. The van der Waals surface area contributed by atoms with E-state index in [-0.39, 0.29) is 0 Å². The van der Waals surface area contributed by atoms with Gasteiger partial charge in [-0.05, 0) is 39.8 Å². The van der Waals surface area contributed by atoms with Gasteiger partial charge in [-0.3, -0.25) is 0 Å². The molecule has 0 aromatic carbocycles. The molecule has 0 atom stereocenters. The van der Waals surface area contributed by atoms with E-state index < -0.39 is 0 Å². The summed E-state index contributed by atoms with van der Waals surface area (Å²) in [6.45, 7) is 1.16. The lowest BCUT2D eigenvalue weighted by molar-refractivity contribution is 0.416. The third-order valence-electron chi connectivity index (χ3n) is 2.15. The Morgan fingerprint density at radius 3 is 2.92 bits per heavy atom. The van der Waals surface area contributed by atoms with E-state index in [0.29, 0.717) is 0 Å². The predicted octanol–water partition coefficient (Wildman–Crippen LogP) is 2.60. The molecular formula is C11H19N. The summed E-state index contributed by atoms with van der Waals surface area (Å²) in [6.07, 6.45) is 12.0. The highest BCUT2D eigenvalue weighted by Crippen LogP contribution is 2.16. The van der Waals surface area contributed by atoms with E-state index in [1.807, 2.05) is 0 Å². The van der Waals surface area contributed by atoms with Crippen LogP contribution in [0.15, 0.2) is 23.8 Å². The molecule has 0 aromatic rings. The van der Waals surface area contributed by atoms with E-state index >= 15 is 0 Å². The van der Waals surface area contributed by atoms with E-state index in [1.54, 1.807) is 0 Å². The molecule has 0 fully saturated rings. The molecule has 0 heterocycles. The van der Waals surface area contributed by atoms with Crippen LogP contribution in [0.5, 0.6) is 0 Å². The number of hydrogen-bond donors (Lipinski definition) is 0. The molecule has 0 amide bonds. The van der Waals surface area contributed by atoms with Crippen molar-refractivity contribution < 1.29 is 0 Å². The Hall–Kier alpha value is -0.560. The summed E-state index contributed by atoms with van der Waals surface area (Å²) in [6, 6.07) is 0. The van der Waals surface area contributed by atoms with Crippen molar-refractivity contribution in [2.45, 2.75) is 25.7 Å². The van der Waals surface area contributed by atoms with Gasteiger partial charge in [0.1, 0.15) is 0 Å². The second kappa shape index (κ2) is 5.15. The van der Waals surface area contributed by atoms with Gasteiger partial charge in [0.25, 0.3) is 0 Å². The van der Waals surface area contributed by atoms with Gasteiger partial charge in [-0.2, -0.15) is 0 Å². The molecule has 0 unspecified atom stereocenters. The van der Waals surface area contributed by atoms with Gasteiger partial charge in [-0.25, -0.2) is 0 Å². The summed E-state index contributed by atoms with van der Waals surface area (Å²) in [7, 11) is 4.24. The van der Waals surface area contributed by atoms with Crippen LogP contribution >= 0.6 is 0 Å². The zero-order chi connectivity index (χ0) is 8.81. The molecule has 1 nitrogen and oxygen atoms in total. The van der Waals surface area contributed by atoms with Gasteiger partial charge in [0.2, 0.25) is 0 Å². The molecule has 0 aromatic heterocycles. The van der Waals surface area contributed by atoms with E-state index in [2.05, 4.69) is 37.2 Å². The monoisotopic (exact) mass is 165 g/mol. The van der Waals surface area contributed by atoms with Crippen LogP contribution in [-0.2, 0) is 0 Å². The van der Waals surface area contributed by atoms with Crippen LogP contribution in [0.25, 0.3) is 0 Å². The first-order valence-corrected chi connectivity index (χ1v) is 4.79. The van der Waals surface area contributed by atoms with Gasteiger partial charge in [-0.1, -0.05) is 23.8 Å². The second-order valence-electron chi connectivity index (χ2n) is 3.67. The quantitative estimate of drug-likeness (QED) is 0.621. The maximum absolute atomic E-state index is 2.37. The minimum Gasteiger partial charge on any atom is -0.309 e. The standard InChI is InChI=1S/C11H19N/c1-12(2)10-6-9-11-7-4-3-5-8-11/h4,7,9H,3,5-6,8,10H2,1-2H3. The molecule has 0 bridgehead atoms. The van der Waals surface area contributed by atoms with Gasteiger partial charge in [-0.15, -0.1) is 0 Å². The normalized spacial score (nSPS) is 20.8. The molecule has 12 heavy (non-hydrogen) atoms. The van der Waals surface area contributed by atoms with E-state index in [1.165, 1.54) is 31.3 Å². The third kappa shape index (κ3) is 3.72. The Morgan fingerprint density at radius 1 is 1.50 bits per heavy atom.